The van der Waals surface area contributed by atoms with E-state index in [0.717, 1.165) is 22.8 Å². The van der Waals surface area contributed by atoms with Gasteiger partial charge in [0.2, 0.25) is 5.91 Å². The smallest absolute Gasteiger partial charge is 0.238 e. The number of carbonyl (C=O) groups excluding carboxylic acids is 1. The maximum atomic E-state index is 11.9. The van der Waals surface area contributed by atoms with Crippen LogP contribution in [0.1, 0.15) is 18.2 Å². The summed E-state index contributed by atoms with van der Waals surface area (Å²) < 4.78 is 7.39. The van der Waals surface area contributed by atoms with Gasteiger partial charge in [0.25, 0.3) is 0 Å². The van der Waals surface area contributed by atoms with Crippen LogP contribution in [0.3, 0.4) is 0 Å². The third kappa shape index (κ3) is 3.52. The van der Waals surface area contributed by atoms with Crippen LogP contribution >= 0.6 is 0 Å². The molecule has 0 saturated heterocycles. The number of aromatic nitrogens is 2. The number of likely N-dealkylation sites (N-methyl/N-ethyl adjacent to an activating group) is 1. The first-order valence-corrected chi connectivity index (χ1v) is 6.92. The van der Waals surface area contributed by atoms with Gasteiger partial charge < -0.3 is 14.6 Å². The molecule has 0 saturated carbocycles. The predicted octanol–water partition coefficient (Wildman–Crippen LogP) is 1.55. The monoisotopic (exact) mass is 290 g/mol. The van der Waals surface area contributed by atoms with Gasteiger partial charge in [-0.1, -0.05) is 0 Å². The molecule has 0 spiro atoms. The van der Waals surface area contributed by atoms with Gasteiger partial charge >= 0.3 is 0 Å². The topological polar surface area (TPSA) is 63.3 Å². The van der Waals surface area contributed by atoms with Gasteiger partial charge in [-0.3, -0.25) is 9.48 Å². The first-order chi connectivity index (χ1) is 9.88. The van der Waals surface area contributed by atoms with Crippen molar-refractivity contribution in [3.05, 3.63) is 29.7 Å². The zero-order valence-corrected chi connectivity index (χ0v) is 13.2. The molecule has 0 aliphatic rings. The summed E-state index contributed by atoms with van der Waals surface area (Å²) >= 11 is 0. The second-order valence-electron chi connectivity index (χ2n) is 5.42. The lowest BCUT2D eigenvalue weighted by atomic mass is 10.2. The molecule has 0 radical (unpaired) electrons. The molecule has 6 heteroatoms. The van der Waals surface area contributed by atoms with E-state index < -0.39 is 0 Å². The molecular weight excluding hydrogens is 268 g/mol. The Morgan fingerprint density at radius 2 is 2.19 bits per heavy atom. The number of amides is 1. The molecule has 1 N–H and O–H groups in total. The van der Waals surface area contributed by atoms with E-state index in [1.54, 1.807) is 23.7 Å². The fourth-order valence-corrected chi connectivity index (χ4v) is 2.17. The fraction of sp³-hybridized carbons (Fsp3) is 0.467. The molecule has 0 unspecified atom stereocenters. The zero-order valence-electron chi connectivity index (χ0n) is 13.2. The molecule has 2 heterocycles. The first kappa shape index (κ1) is 15.3. The van der Waals surface area contributed by atoms with Crippen molar-refractivity contribution in [1.82, 2.24) is 20.0 Å². The van der Waals surface area contributed by atoms with E-state index in [4.69, 9.17) is 4.42 Å². The third-order valence-electron chi connectivity index (χ3n) is 3.29. The SMILES string of the molecule is Cc1ccc(-c2nn(C)cc2CN[C@@H](C)C(=O)N(C)C)o1. The molecule has 114 valence electrons. The summed E-state index contributed by atoms with van der Waals surface area (Å²) in [6, 6.07) is 3.58. The molecule has 0 fully saturated rings. The van der Waals surface area contributed by atoms with Gasteiger partial charge in [0.1, 0.15) is 11.5 Å². The van der Waals surface area contributed by atoms with E-state index in [1.165, 1.54) is 0 Å². The average molecular weight is 290 g/mol. The first-order valence-electron chi connectivity index (χ1n) is 6.92. The normalized spacial score (nSPS) is 12.4. The molecule has 0 aliphatic carbocycles. The molecule has 6 nitrogen and oxygen atoms in total. The molecule has 0 aromatic carbocycles. The van der Waals surface area contributed by atoms with Gasteiger partial charge in [-0.25, -0.2) is 0 Å². The largest absolute Gasteiger partial charge is 0.460 e. The van der Waals surface area contributed by atoms with E-state index in [2.05, 4.69) is 10.4 Å². The Labute approximate surface area is 124 Å². The van der Waals surface area contributed by atoms with E-state index in [-0.39, 0.29) is 11.9 Å². The molecule has 1 amide bonds. The summed E-state index contributed by atoms with van der Waals surface area (Å²) in [5, 5.41) is 7.66. The van der Waals surface area contributed by atoms with Crippen molar-refractivity contribution in [3.63, 3.8) is 0 Å². The summed E-state index contributed by atoms with van der Waals surface area (Å²) in [7, 11) is 5.38. The minimum atomic E-state index is -0.244. The maximum absolute atomic E-state index is 11.9. The quantitative estimate of drug-likeness (QED) is 0.907. The van der Waals surface area contributed by atoms with Gasteiger partial charge in [0.15, 0.2) is 5.76 Å². The summed E-state index contributed by atoms with van der Waals surface area (Å²) in [5.41, 5.74) is 1.81. The van der Waals surface area contributed by atoms with Crippen LogP contribution in [0.25, 0.3) is 11.5 Å². The summed E-state index contributed by atoms with van der Waals surface area (Å²) in [6.45, 7) is 4.32. The number of hydrogen-bond donors (Lipinski definition) is 1. The van der Waals surface area contributed by atoms with Crippen LogP contribution in [0.4, 0.5) is 0 Å². The van der Waals surface area contributed by atoms with Crippen LogP contribution in [0.15, 0.2) is 22.7 Å². The number of hydrogen-bond acceptors (Lipinski definition) is 4. The Morgan fingerprint density at radius 1 is 1.48 bits per heavy atom. The second kappa shape index (κ2) is 6.13. The number of nitrogens with one attached hydrogen (secondary N) is 1. The molecule has 2 aromatic heterocycles. The van der Waals surface area contributed by atoms with Crippen molar-refractivity contribution in [2.24, 2.45) is 7.05 Å². The maximum Gasteiger partial charge on any atom is 0.238 e. The molecule has 21 heavy (non-hydrogen) atoms. The van der Waals surface area contributed by atoms with Crippen molar-refractivity contribution >= 4 is 5.91 Å². The van der Waals surface area contributed by atoms with Crippen LogP contribution in [0.2, 0.25) is 0 Å². The van der Waals surface area contributed by atoms with Crippen LogP contribution < -0.4 is 5.32 Å². The summed E-state index contributed by atoms with van der Waals surface area (Å²) in [6.07, 6.45) is 1.94. The molecule has 1 atom stereocenters. The average Bonchev–Trinajstić information content (AvgIpc) is 3.00. The van der Waals surface area contributed by atoms with Crippen LogP contribution in [0.5, 0.6) is 0 Å². The van der Waals surface area contributed by atoms with Crippen molar-refractivity contribution in [2.45, 2.75) is 26.4 Å². The van der Waals surface area contributed by atoms with Gasteiger partial charge in [-0.15, -0.1) is 0 Å². The van der Waals surface area contributed by atoms with Gasteiger partial charge in [0.05, 0.1) is 6.04 Å². The van der Waals surface area contributed by atoms with E-state index in [1.807, 2.05) is 39.2 Å². The zero-order chi connectivity index (χ0) is 15.6. The van der Waals surface area contributed by atoms with Crippen molar-refractivity contribution in [1.29, 1.82) is 0 Å². The second-order valence-corrected chi connectivity index (χ2v) is 5.42. The highest BCUT2D eigenvalue weighted by molar-refractivity contribution is 5.80. The molecule has 0 aliphatic heterocycles. The number of furan rings is 1. The lowest BCUT2D eigenvalue weighted by Crippen LogP contribution is -2.41. The van der Waals surface area contributed by atoms with Gasteiger partial charge in [0, 0.05) is 39.4 Å². The molecular formula is C15H22N4O2. The number of rotatable bonds is 5. The van der Waals surface area contributed by atoms with Crippen molar-refractivity contribution < 1.29 is 9.21 Å². The Hall–Kier alpha value is -2.08. The predicted molar refractivity (Wildman–Crippen MR) is 80.6 cm³/mol. The lowest BCUT2D eigenvalue weighted by molar-refractivity contribution is -0.130. The molecule has 2 rings (SSSR count). The Morgan fingerprint density at radius 3 is 2.76 bits per heavy atom. The van der Waals surface area contributed by atoms with Crippen LogP contribution in [-0.4, -0.2) is 40.7 Å². The Kier molecular flexibility index (Phi) is 4.47. The molecule has 0 bridgehead atoms. The fourth-order valence-electron chi connectivity index (χ4n) is 2.17. The highest BCUT2D eigenvalue weighted by Crippen LogP contribution is 2.24. The van der Waals surface area contributed by atoms with E-state index in [9.17, 15) is 4.79 Å². The number of carbonyl (C=O) groups is 1. The third-order valence-corrected chi connectivity index (χ3v) is 3.29. The van der Waals surface area contributed by atoms with Crippen molar-refractivity contribution in [2.75, 3.05) is 14.1 Å². The summed E-state index contributed by atoms with van der Waals surface area (Å²) in [5.74, 6) is 1.65. The highest BCUT2D eigenvalue weighted by atomic mass is 16.3. The van der Waals surface area contributed by atoms with E-state index >= 15 is 0 Å². The van der Waals surface area contributed by atoms with Gasteiger partial charge in [-0.05, 0) is 26.0 Å². The molecule has 2 aromatic rings. The van der Waals surface area contributed by atoms with Crippen LogP contribution in [0, 0.1) is 6.92 Å². The highest BCUT2D eigenvalue weighted by Gasteiger charge is 2.17. The Balaban J connectivity index is 2.12. The summed E-state index contributed by atoms with van der Waals surface area (Å²) in [4.78, 5) is 13.4. The Bertz CT molecular complexity index is 627. The number of nitrogens with zero attached hydrogens (tertiary/aromatic N) is 3. The van der Waals surface area contributed by atoms with Crippen molar-refractivity contribution in [3.8, 4) is 11.5 Å². The number of aryl methyl sites for hydroxylation is 2. The minimum Gasteiger partial charge on any atom is -0.460 e. The minimum absolute atomic E-state index is 0.0503. The van der Waals surface area contributed by atoms with Gasteiger partial charge in [-0.2, -0.15) is 5.10 Å². The lowest BCUT2D eigenvalue weighted by Gasteiger charge is -2.17. The standard InChI is InChI=1S/C15H22N4O2/c1-10-6-7-13(21-10)14-12(9-19(5)17-14)8-16-11(2)15(20)18(3)4/h6-7,9,11,16H,8H2,1-5H3/t11-/m0/s1. The van der Waals surface area contributed by atoms with Crippen LogP contribution in [-0.2, 0) is 18.4 Å². The van der Waals surface area contributed by atoms with E-state index in [0.29, 0.717) is 6.54 Å².